The van der Waals surface area contributed by atoms with Crippen molar-refractivity contribution in [2.45, 2.75) is 11.8 Å². The van der Waals surface area contributed by atoms with Gasteiger partial charge in [-0.1, -0.05) is 6.07 Å². The lowest BCUT2D eigenvalue weighted by atomic mass is 10.2. The van der Waals surface area contributed by atoms with E-state index < -0.39 is 15.8 Å². The molecule has 0 aromatic heterocycles. The quantitative estimate of drug-likeness (QED) is 0.945. The van der Waals surface area contributed by atoms with Gasteiger partial charge in [-0.2, -0.15) is 5.26 Å². The molecule has 2 aromatic carbocycles. The van der Waals surface area contributed by atoms with Crippen LogP contribution < -0.4 is 4.72 Å². The largest absolute Gasteiger partial charge is 0.280 e. The number of hydrogen-bond donors (Lipinski definition) is 1. The minimum Gasteiger partial charge on any atom is -0.280 e. The van der Waals surface area contributed by atoms with E-state index in [4.69, 9.17) is 5.26 Å². The first-order valence-corrected chi connectivity index (χ1v) is 7.20. The minimum atomic E-state index is -3.81. The molecule has 6 heteroatoms. The van der Waals surface area contributed by atoms with Gasteiger partial charge in [-0.25, -0.2) is 12.8 Å². The van der Waals surface area contributed by atoms with Gasteiger partial charge < -0.3 is 0 Å². The normalized spacial score (nSPS) is 10.8. The summed E-state index contributed by atoms with van der Waals surface area (Å²) in [6.07, 6.45) is 0. The fourth-order valence-electron chi connectivity index (χ4n) is 1.78. The number of rotatable bonds is 3. The number of nitrogens with one attached hydrogen (secondary N) is 1. The molecule has 0 heterocycles. The van der Waals surface area contributed by atoms with Crippen LogP contribution in [0.3, 0.4) is 0 Å². The smallest absolute Gasteiger partial charge is 0.262 e. The molecule has 1 N–H and O–H groups in total. The second-order valence-corrected chi connectivity index (χ2v) is 5.86. The molecule has 0 spiro atoms. The highest BCUT2D eigenvalue weighted by Crippen LogP contribution is 2.20. The van der Waals surface area contributed by atoms with E-state index in [2.05, 4.69) is 4.72 Å². The van der Waals surface area contributed by atoms with E-state index in [9.17, 15) is 12.8 Å². The molecule has 0 atom stereocenters. The van der Waals surface area contributed by atoms with Crippen LogP contribution in [-0.4, -0.2) is 8.42 Å². The van der Waals surface area contributed by atoms with E-state index in [0.717, 1.165) is 12.1 Å². The lowest BCUT2D eigenvalue weighted by Crippen LogP contribution is -2.14. The van der Waals surface area contributed by atoms with Gasteiger partial charge in [0.15, 0.2) is 0 Å². The molecule has 2 rings (SSSR count). The number of hydrogen-bond acceptors (Lipinski definition) is 3. The molecule has 0 aliphatic heterocycles. The minimum absolute atomic E-state index is 0.00117. The monoisotopic (exact) mass is 290 g/mol. The SMILES string of the molecule is Cc1cc(F)ccc1S(=O)(=O)Nc1cccc(C#N)c1. The molecule has 0 radical (unpaired) electrons. The average Bonchev–Trinajstić information content (AvgIpc) is 2.37. The summed E-state index contributed by atoms with van der Waals surface area (Å²) in [4.78, 5) is 0.00117. The molecular formula is C14H11FN2O2S. The summed E-state index contributed by atoms with van der Waals surface area (Å²) in [5, 5.41) is 8.78. The van der Waals surface area contributed by atoms with Gasteiger partial charge in [-0.15, -0.1) is 0 Å². The van der Waals surface area contributed by atoms with Crippen LogP contribution in [0.4, 0.5) is 10.1 Å². The first-order chi connectivity index (χ1) is 9.42. The number of aryl methyl sites for hydroxylation is 1. The molecule has 0 aliphatic carbocycles. The van der Waals surface area contributed by atoms with Crippen LogP contribution >= 0.6 is 0 Å². The van der Waals surface area contributed by atoms with Gasteiger partial charge >= 0.3 is 0 Å². The zero-order valence-electron chi connectivity index (χ0n) is 10.6. The van der Waals surface area contributed by atoms with Crippen molar-refractivity contribution in [2.75, 3.05) is 4.72 Å². The fourth-order valence-corrected chi connectivity index (χ4v) is 3.05. The van der Waals surface area contributed by atoms with Crippen LogP contribution in [0.5, 0.6) is 0 Å². The van der Waals surface area contributed by atoms with Gasteiger partial charge in [-0.05, 0) is 48.9 Å². The summed E-state index contributed by atoms with van der Waals surface area (Å²) in [5.74, 6) is -0.493. The third-order valence-electron chi connectivity index (χ3n) is 2.67. The summed E-state index contributed by atoms with van der Waals surface area (Å²) < 4.78 is 39.8. The lowest BCUT2D eigenvalue weighted by molar-refractivity contribution is 0.598. The fraction of sp³-hybridized carbons (Fsp3) is 0.0714. The Morgan fingerprint density at radius 2 is 1.95 bits per heavy atom. The maximum absolute atomic E-state index is 13.0. The predicted molar refractivity (Wildman–Crippen MR) is 73.1 cm³/mol. The molecule has 0 amide bonds. The molecule has 4 nitrogen and oxygen atoms in total. The lowest BCUT2D eigenvalue weighted by Gasteiger charge is -2.10. The maximum atomic E-state index is 13.0. The van der Waals surface area contributed by atoms with E-state index in [1.807, 2.05) is 6.07 Å². The molecule has 0 aliphatic rings. The molecule has 0 bridgehead atoms. The number of nitriles is 1. The zero-order chi connectivity index (χ0) is 14.8. The number of halogens is 1. The highest BCUT2D eigenvalue weighted by atomic mass is 32.2. The first kappa shape index (κ1) is 14.0. The Labute approximate surface area is 116 Å². The van der Waals surface area contributed by atoms with Crippen LogP contribution in [0.2, 0.25) is 0 Å². The van der Waals surface area contributed by atoms with Gasteiger partial charge in [0.1, 0.15) is 5.82 Å². The first-order valence-electron chi connectivity index (χ1n) is 5.71. The average molecular weight is 290 g/mol. The Balaban J connectivity index is 2.38. The third-order valence-corrected chi connectivity index (χ3v) is 4.21. The van der Waals surface area contributed by atoms with Crippen molar-refractivity contribution in [1.29, 1.82) is 5.26 Å². The zero-order valence-corrected chi connectivity index (χ0v) is 11.4. The summed E-state index contributed by atoms with van der Waals surface area (Å²) in [6.45, 7) is 1.52. The topological polar surface area (TPSA) is 70.0 Å². The van der Waals surface area contributed by atoms with E-state index in [1.165, 1.54) is 25.1 Å². The van der Waals surface area contributed by atoms with Crippen molar-refractivity contribution in [3.05, 3.63) is 59.4 Å². The highest BCUT2D eigenvalue weighted by Gasteiger charge is 2.17. The molecule has 0 fully saturated rings. The van der Waals surface area contributed by atoms with Gasteiger partial charge in [-0.3, -0.25) is 4.72 Å². The molecule has 102 valence electrons. The molecule has 0 saturated heterocycles. The Kier molecular flexibility index (Phi) is 3.72. The molecule has 0 unspecified atom stereocenters. The summed E-state index contributed by atoms with van der Waals surface area (Å²) in [5.41, 5.74) is 0.947. The molecule has 20 heavy (non-hydrogen) atoms. The van der Waals surface area contributed by atoms with Gasteiger partial charge in [0.25, 0.3) is 10.0 Å². The summed E-state index contributed by atoms with van der Waals surface area (Å²) in [7, 11) is -3.81. The van der Waals surface area contributed by atoms with E-state index in [1.54, 1.807) is 12.1 Å². The Hall–Kier alpha value is -2.39. The number of benzene rings is 2. The third kappa shape index (κ3) is 2.95. The Bertz CT molecular complexity index is 795. The van der Waals surface area contributed by atoms with Crippen molar-refractivity contribution >= 4 is 15.7 Å². The summed E-state index contributed by atoms with van der Waals surface area (Å²) in [6, 6.07) is 11.5. The Morgan fingerprint density at radius 1 is 1.20 bits per heavy atom. The number of sulfonamides is 1. The molecular weight excluding hydrogens is 279 g/mol. The van der Waals surface area contributed by atoms with Crippen molar-refractivity contribution in [1.82, 2.24) is 0 Å². The van der Waals surface area contributed by atoms with Crippen LogP contribution in [0.15, 0.2) is 47.4 Å². The van der Waals surface area contributed by atoms with Gasteiger partial charge in [0, 0.05) is 0 Å². The van der Waals surface area contributed by atoms with Crippen molar-refractivity contribution in [3.63, 3.8) is 0 Å². The van der Waals surface area contributed by atoms with Gasteiger partial charge in [0.2, 0.25) is 0 Å². The predicted octanol–water partition coefficient (Wildman–Crippen LogP) is 2.81. The summed E-state index contributed by atoms with van der Waals surface area (Å²) >= 11 is 0. The van der Waals surface area contributed by atoms with Crippen LogP contribution in [-0.2, 0) is 10.0 Å². The maximum Gasteiger partial charge on any atom is 0.262 e. The van der Waals surface area contributed by atoms with Crippen LogP contribution in [0.1, 0.15) is 11.1 Å². The van der Waals surface area contributed by atoms with Crippen LogP contribution in [0, 0.1) is 24.1 Å². The molecule has 2 aromatic rings. The number of anilines is 1. The second kappa shape index (κ2) is 5.31. The van der Waals surface area contributed by atoms with E-state index >= 15 is 0 Å². The standard InChI is InChI=1S/C14H11FN2O2S/c1-10-7-12(15)5-6-14(10)20(18,19)17-13-4-2-3-11(8-13)9-16/h2-8,17H,1H3. The Morgan fingerprint density at radius 3 is 2.60 bits per heavy atom. The van der Waals surface area contributed by atoms with Crippen molar-refractivity contribution in [2.24, 2.45) is 0 Å². The van der Waals surface area contributed by atoms with Crippen molar-refractivity contribution in [3.8, 4) is 6.07 Å². The van der Waals surface area contributed by atoms with Gasteiger partial charge in [0.05, 0.1) is 22.2 Å². The second-order valence-electron chi connectivity index (χ2n) is 4.21. The highest BCUT2D eigenvalue weighted by molar-refractivity contribution is 7.92. The van der Waals surface area contributed by atoms with E-state index in [-0.39, 0.29) is 10.6 Å². The van der Waals surface area contributed by atoms with Crippen molar-refractivity contribution < 1.29 is 12.8 Å². The molecule has 0 saturated carbocycles. The number of nitrogens with zero attached hydrogens (tertiary/aromatic N) is 1. The van der Waals surface area contributed by atoms with Crippen LogP contribution in [0.25, 0.3) is 0 Å². The van der Waals surface area contributed by atoms with E-state index in [0.29, 0.717) is 11.1 Å².